The van der Waals surface area contributed by atoms with Crippen LogP contribution in [0.2, 0.25) is 0 Å². The second kappa shape index (κ2) is 9.05. The SMILES string of the molecule is O=S(=O)(O)c1ccccc1OC(F)(F)C(F)(F)/C(F)=C(\F)C(F)(F)C(F)(F)C(F)(F)C(F)(F)C(F)(F)F. The molecule has 0 aliphatic heterocycles. The molecular formula is C15H5F17O4S. The Balaban J connectivity index is 3.68. The molecule has 0 saturated heterocycles. The molecule has 0 spiro atoms. The van der Waals surface area contributed by atoms with Crippen LogP contribution in [-0.2, 0) is 10.1 Å². The van der Waals surface area contributed by atoms with Crippen LogP contribution < -0.4 is 4.74 Å². The molecule has 0 fully saturated rings. The smallest absolute Gasteiger partial charge is 0.426 e. The minimum absolute atomic E-state index is 0.00754. The number of benzene rings is 1. The van der Waals surface area contributed by atoms with Gasteiger partial charge in [0.25, 0.3) is 10.1 Å². The number of halogens is 17. The number of alkyl halides is 15. The van der Waals surface area contributed by atoms with Crippen molar-refractivity contribution in [3.8, 4) is 5.75 Å². The van der Waals surface area contributed by atoms with Gasteiger partial charge in [0, 0.05) is 0 Å². The average Bonchev–Trinajstić information content (AvgIpc) is 2.70. The molecule has 1 aromatic carbocycles. The first kappa shape index (κ1) is 32.5. The first-order valence-corrected chi connectivity index (χ1v) is 9.61. The van der Waals surface area contributed by atoms with Crippen molar-refractivity contribution in [2.75, 3.05) is 0 Å². The van der Waals surface area contributed by atoms with E-state index < -0.39 is 74.3 Å². The highest BCUT2D eigenvalue weighted by Crippen LogP contribution is 2.60. The zero-order valence-corrected chi connectivity index (χ0v) is 17.1. The molecule has 1 N–H and O–H groups in total. The van der Waals surface area contributed by atoms with Crippen LogP contribution in [-0.4, -0.2) is 54.9 Å². The minimum atomic E-state index is -8.41. The summed E-state index contributed by atoms with van der Waals surface area (Å²) in [6.45, 7) is 0. The fraction of sp³-hybridized carbons (Fsp3) is 0.467. The molecule has 37 heavy (non-hydrogen) atoms. The minimum Gasteiger partial charge on any atom is -0.426 e. The maximum atomic E-state index is 13.8. The van der Waals surface area contributed by atoms with Gasteiger partial charge >= 0.3 is 41.9 Å². The highest BCUT2D eigenvalue weighted by molar-refractivity contribution is 7.86. The third kappa shape index (κ3) is 5.12. The third-order valence-electron chi connectivity index (χ3n) is 4.01. The normalized spacial score (nSPS) is 15.9. The van der Waals surface area contributed by atoms with Crippen molar-refractivity contribution in [2.24, 2.45) is 0 Å². The van der Waals surface area contributed by atoms with E-state index in [0.717, 1.165) is 0 Å². The maximum absolute atomic E-state index is 13.8. The fourth-order valence-electron chi connectivity index (χ4n) is 2.06. The zero-order chi connectivity index (χ0) is 29.8. The van der Waals surface area contributed by atoms with Gasteiger partial charge in [0.05, 0.1) is 0 Å². The number of para-hydroxylation sites is 1. The van der Waals surface area contributed by atoms with Crippen molar-refractivity contribution in [3.05, 3.63) is 35.9 Å². The summed E-state index contributed by atoms with van der Waals surface area (Å²) in [6, 6.07) is 1.28. The molecule has 0 radical (unpaired) electrons. The predicted octanol–water partition coefficient (Wildman–Crippen LogP) is 6.79. The second-order valence-electron chi connectivity index (χ2n) is 6.54. The van der Waals surface area contributed by atoms with Crippen molar-refractivity contribution in [3.63, 3.8) is 0 Å². The van der Waals surface area contributed by atoms with Crippen LogP contribution in [0.5, 0.6) is 5.75 Å². The van der Waals surface area contributed by atoms with Gasteiger partial charge in [-0.05, 0) is 12.1 Å². The van der Waals surface area contributed by atoms with Crippen LogP contribution in [0.4, 0.5) is 74.6 Å². The lowest BCUT2D eigenvalue weighted by Gasteiger charge is -2.37. The number of allylic oxidation sites excluding steroid dienone is 1. The highest BCUT2D eigenvalue weighted by atomic mass is 32.2. The molecule has 0 unspecified atom stereocenters. The first-order valence-electron chi connectivity index (χ1n) is 8.17. The Morgan fingerprint density at radius 3 is 1.46 bits per heavy atom. The summed E-state index contributed by atoms with van der Waals surface area (Å²) in [4.78, 5) is -1.80. The number of hydrogen-bond donors (Lipinski definition) is 1. The van der Waals surface area contributed by atoms with Crippen LogP contribution in [0, 0.1) is 0 Å². The number of ether oxygens (including phenoxy) is 1. The second-order valence-corrected chi connectivity index (χ2v) is 7.93. The van der Waals surface area contributed by atoms with E-state index in [1.165, 1.54) is 0 Å². The van der Waals surface area contributed by atoms with Gasteiger partial charge in [-0.25, -0.2) is 8.78 Å². The van der Waals surface area contributed by atoms with E-state index in [-0.39, 0.29) is 12.1 Å². The zero-order valence-electron chi connectivity index (χ0n) is 16.3. The largest absolute Gasteiger partial charge is 0.471 e. The number of rotatable bonds is 9. The molecule has 0 atom stereocenters. The Bertz CT molecular complexity index is 1150. The van der Waals surface area contributed by atoms with Gasteiger partial charge in [0.1, 0.15) is 10.6 Å². The van der Waals surface area contributed by atoms with E-state index in [9.17, 15) is 83.1 Å². The average molecular weight is 604 g/mol. The Morgan fingerprint density at radius 1 is 0.649 bits per heavy atom. The summed E-state index contributed by atoms with van der Waals surface area (Å²) in [5.74, 6) is -52.9. The molecule has 1 aromatic rings. The summed E-state index contributed by atoms with van der Waals surface area (Å²) >= 11 is 0. The predicted molar refractivity (Wildman–Crippen MR) is 81.9 cm³/mol. The van der Waals surface area contributed by atoms with Crippen molar-refractivity contribution in [2.45, 2.75) is 46.8 Å². The molecule has 0 aliphatic carbocycles. The topological polar surface area (TPSA) is 63.6 Å². The molecule has 1 rings (SSSR count). The van der Waals surface area contributed by atoms with Gasteiger partial charge < -0.3 is 4.74 Å². The molecule has 0 aromatic heterocycles. The molecule has 214 valence electrons. The monoisotopic (exact) mass is 604 g/mol. The van der Waals surface area contributed by atoms with E-state index >= 15 is 0 Å². The Kier molecular flexibility index (Phi) is 7.95. The highest BCUT2D eigenvalue weighted by Gasteiger charge is 2.88. The maximum Gasteiger partial charge on any atom is 0.471 e. The van der Waals surface area contributed by atoms with Gasteiger partial charge in [-0.1, -0.05) is 12.1 Å². The van der Waals surface area contributed by atoms with Crippen LogP contribution in [0.1, 0.15) is 0 Å². The summed E-state index contributed by atoms with van der Waals surface area (Å²) in [5, 5.41) is 0. The Morgan fingerprint density at radius 2 is 1.05 bits per heavy atom. The lowest BCUT2D eigenvalue weighted by molar-refractivity contribution is -0.419. The molecule has 0 saturated carbocycles. The van der Waals surface area contributed by atoms with E-state index in [1.54, 1.807) is 0 Å². The third-order valence-corrected chi connectivity index (χ3v) is 4.91. The summed E-state index contributed by atoms with van der Waals surface area (Å²) in [6.07, 6.45) is -14.6. The van der Waals surface area contributed by atoms with E-state index in [2.05, 4.69) is 4.74 Å². The molecule has 0 heterocycles. The molecule has 4 nitrogen and oxygen atoms in total. The van der Waals surface area contributed by atoms with Crippen molar-refractivity contribution >= 4 is 10.1 Å². The van der Waals surface area contributed by atoms with Gasteiger partial charge in [-0.15, -0.1) is 0 Å². The fourth-order valence-corrected chi connectivity index (χ4v) is 2.68. The van der Waals surface area contributed by atoms with Crippen LogP contribution in [0.15, 0.2) is 40.8 Å². The van der Waals surface area contributed by atoms with E-state index in [4.69, 9.17) is 4.55 Å². The van der Waals surface area contributed by atoms with Gasteiger partial charge in [-0.3, -0.25) is 4.55 Å². The Labute approximate surface area is 192 Å². The van der Waals surface area contributed by atoms with Crippen molar-refractivity contribution in [1.29, 1.82) is 0 Å². The summed E-state index contributed by atoms with van der Waals surface area (Å²) < 4.78 is 257. The number of hydrogen-bond acceptors (Lipinski definition) is 3. The van der Waals surface area contributed by atoms with Gasteiger partial charge in [-0.2, -0.15) is 74.3 Å². The lowest BCUT2D eigenvalue weighted by Crippen LogP contribution is -2.66. The summed E-state index contributed by atoms with van der Waals surface area (Å²) in [7, 11) is -5.62. The standard InChI is InChI=1S/C15H5F17O4S/c16-7(9(18,19)11(22,23)12(24,25)13(26,27)14(28,29)30)8(17)10(20,21)15(31,32)36-5-3-1-2-4-6(5)37(33,34)35/h1-4H,(H,33,34,35)/b8-7+. The molecular weight excluding hydrogens is 599 g/mol. The van der Waals surface area contributed by atoms with Crippen molar-refractivity contribution in [1.82, 2.24) is 0 Å². The first-order chi connectivity index (χ1) is 16.0. The molecule has 0 amide bonds. The van der Waals surface area contributed by atoms with Crippen molar-refractivity contribution < 1.29 is 92.3 Å². The van der Waals surface area contributed by atoms with Crippen LogP contribution in [0.25, 0.3) is 0 Å². The summed E-state index contributed by atoms with van der Waals surface area (Å²) in [5.41, 5.74) is 0. The lowest BCUT2D eigenvalue weighted by atomic mass is 9.96. The molecule has 0 aliphatic rings. The molecule has 0 bridgehead atoms. The van der Waals surface area contributed by atoms with Crippen LogP contribution in [0.3, 0.4) is 0 Å². The van der Waals surface area contributed by atoms with Gasteiger partial charge in [0.15, 0.2) is 0 Å². The molecule has 22 heteroatoms. The van der Waals surface area contributed by atoms with E-state index in [0.29, 0.717) is 12.1 Å². The van der Waals surface area contributed by atoms with E-state index in [1.807, 2.05) is 0 Å². The van der Waals surface area contributed by atoms with Gasteiger partial charge in [0.2, 0.25) is 11.7 Å². The quantitative estimate of drug-likeness (QED) is 0.249. The van der Waals surface area contributed by atoms with Crippen LogP contribution >= 0.6 is 0 Å². The Hall–Kier alpha value is -2.52.